The molecule has 0 atom stereocenters. The first-order valence-corrected chi connectivity index (χ1v) is 9.64. The molecule has 0 aromatic heterocycles. The molecule has 154 valence electrons. The van der Waals surface area contributed by atoms with Crippen LogP contribution in [-0.4, -0.2) is 33.5 Å². The van der Waals surface area contributed by atoms with E-state index >= 15 is 0 Å². The number of carbonyl (C=O) groups excluding carboxylic acids is 3. The predicted molar refractivity (Wildman–Crippen MR) is 111 cm³/mol. The maximum absolute atomic E-state index is 12.8. The van der Waals surface area contributed by atoms with Gasteiger partial charge in [0.1, 0.15) is 5.75 Å². The first-order chi connectivity index (χ1) is 14.3. The Balaban J connectivity index is 1.88. The molecule has 2 N–H and O–H groups in total. The van der Waals surface area contributed by atoms with Crippen LogP contribution in [0.2, 0.25) is 5.02 Å². The normalized spacial score (nSPS) is 15.0. The van der Waals surface area contributed by atoms with Crippen molar-refractivity contribution in [3.05, 3.63) is 73.6 Å². The summed E-state index contributed by atoms with van der Waals surface area (Å²) in [7, 11) is 0. The molecule has 30 heavy (non-hydrogen) atoms. The SMILES string of the molecule is NC(=O)COc1ccc(Cl)cc1/C=C1\SC(=O)N(Cc2ccccc2[N+](=O)[O-])C1=O. The molecule has 0 aliphatic carbocycles. The molecule has 3 amide bonds. The van der Waals surface area contributed by atoms with Crippen molar-refractivity contribution < 1.29 is 24.0 Å². The van der Waals surface area contributed by atoms with Crippen LogP contribution in [-0.2, 0) is 16.1 Å². The third-order valence-corrected chi connectivity index (χ3v) is 5.16. The van der Waals surface area contributed by atoms with Crippen molar-refractivity contribution in [2.75, 3.05) is 6.61 Å². The van der Waals surface area contributed by atoms with Gasteiger partial charge in [0, 0.05) is 22.2 Å². The van der Waals surface area contributed by atoms with Crippen molar-refractivity contribution in [1.82, 2.24) is 4.90 Å². The van der Waals surface area contributed by atoms with Crippen molar-refractivity contribution >= 4 is 52.2 Å². The molecule has 3 rings (SSSR count). The van der Waals surface area contributed by atoms with Gasteiger partial charge in [-0.05, 0) is 36.0 Å². The molecule has 11 heteroatoms. The molecule has 1 heterocycles. The van der Waals surface area contributed by atoms with Crippen LogP contribution >= 0.6 is 23.4 Å². The van der Waals surface area contributed by atoms with E-state index in [0.29, 0.717) is 22.3 Å². The van der Waals surface area contributed by atoms with Crippen LogP contribution in [0.4, 0.5) is 10.5 Å². The average Bonchev–Trinajstić information content (AvgIpc) is 2.95. The predicted octanol–water partition coefficient (Wildman–Crippen LogP) is 3.35. The fourth-order valence-corrected chi connectivity index (χ4v) is 3.69. The van der Waals surface area contributed by atoms with Gasteiger partial charge in [0.15, 0.2) is 6.61 Å². The second kappa shape index (κ2) is 8.97. The highest BCUT2D eigenvalue weighted by molar-refractivity contribution is 8.18. The Morgan fingerprint density at radius 3 is 2.70 bits per heavy atom. The second-order valence-corrected chi connectivity index (χ2v) is 7.52. The highest BCUT2D eigenvalue weighted by Crippen LogP contribution is 2.36. The van der Waals surface area contributed by atoms with Crippen molar-refractivity contribution in [1.29, 1.82) is 0 Å². The van der Waals surface area contributed by atoms with E-state index in [1.165, 1.54) is 42.5 Å². The van der Waals surface area contributed by atoms with Crippen LogP contribution in [0.25, 0.3) is 6.08 Å². The van der Waals surface area contributed by atoms with Gasteiger partial charge in [-0.25, -0.2) is 0 Å². The van der Waals surface area contributed by atoms with Gasteiger partial charge in [0.25, 0.3) is 22.7 Å². The maximum atomic E-state index is 12.8. The Hall–Kier alpha value is -3.37. The highest BCUT2D eigenvalue weighted by Gasteiger charge is 2.36. The summed E-state index contributed by atoms with van der Waals surface area (Å²) in [4.78, 5) is 47.7. The Kier molecular flexibility index (Phi) is 6.38. The van der Waals surface area contributed by atoms with Gasteiger partial charge in [-0.3, -0.25) is 29.4 Å². The third kappa shape index (κ3) is 4.78. The van der Waals surface area contributed by atoms with Gasteiger partial charge >= 0.3 is 0 Å². The Morgan fingerprint density at radius 2 is 2.00 bits per heavy atom. The quantitative estimate of drug-likeness (QED) is 0.391. The van der Waals surface area contributed by atoms with Crippen LogP contribution in [0, 0.1) is 10.1 Å². The summed E-state index contributed by atoms with van der Waals surface area (Å²) in [6.45, 7) is -0.610. The zero-order valence-electron chi connectivity index (χ0n) is 15.2. The number of para-hydroxylation sites is 1. The summed E-state index contributed by atoms with van der Waals surface area (Å²) in [6.07, 6.45) is 1.41. The Bertz CT molecular complexity index is 1090. The summed E-state index contributed by atoms with van der Waals surface area (Å²) in [6, 6.07) is 10.4. The topological polar surface area (TPSA) is 133 Å². The van der Waals surface area contributed by atoms with Crippen LogP contribution in [0.1, 0.15) is 11.1 Å². The molecule has 0 unspecified atom stereocenters. The largest absolute Gasteiger partial charge is 0.483 e. The Morgan fingerprint density at radius 1 is 1.27 bits per heavy atom. The number of hydrogen-bond acceptors (Lipinski definition) is 7. The minimum Gasteiger partial charge on any atom is -0.483 e. The van der Waals surface area contributed by atoms with Crippen LogP contribution in [0.15, 0.2) is 47.4 Å². The van der Waals surface area contributed by atoms with E-state index in [4.69, 9.17) is 22.1 Å². The highest BCUT2D eigenvalue weighted by atomic mass is 35.5. The first-order valence-electron chi connectivity index (χ1n) is 8.44. The fraction of sp³-hybridized carbons (Fsp3) is 0.105. The van der Waals surface area contributed by atoms with Crippen molar-refractivity contribution in [3.63, 3.8) is 0 Å². The lowest BCUT2D eigenvalue weighted by molar-refractivity contribution is -0.385. The number of carbonyl (C=O) groups is 3. The summed E-state index contributed by atoms with van der Waals surface area (Å²) < 4.78 is 5.32. The molecule has 2 aromatic rings. The molecular formula is C19H14ClN3O6S. The maximum Gasteiger partial charge on any atom is 0.293 e. The number of nitro benzene ring substituents is 1. The van der Waals surface area contributed by atoms with Crippen molar-refractivity contribution in [2.24, 2.45) is 5.73 Å². The molecule has 2 aromatic carbocycles. The number of ether oxygens (including phenoxy) is 1. The number of primary amides is 1. The molecule has 1 fully saturated rings. The zero-order chi connectivity index (χ0) is 21.8. The second-order valence-electron chi connectivity index (χ2n) is 6.09. The lowest BCUT2D eigenvalue weighted by Crippen LogP contribution is -2.27. The van der Waals surface area contributed by atoms with Crippen molar-refractivity contribution in [3.8, 4) is 5.75 Å². The number of rotatable bonds is 7. The molecule has 1 saturated heterocycles. The van der Waals surface area contributed by atoms with E-state index in [1.54, 1.807) is 6.07 Å². The lowest BCUT2D eigenvalue weighted by atomic mass is 10.1. The number of hydrogen-bond donors (Lipinski definition) is 1. The van der Waals surface area contributed by atoms with E-state index in [2.05, 4.69) is 0 Å². The van der Waals surface area contributed by atoms with Crippen LogP contribution < -0.4 is 10.5 Å². The number of imide groups is 1. The number of nitrogens with two attached hydrogens (primary N) is 1. The molecule has 9 nitrogen and oxygen atoms in total. The van der Waals surface area contributed by atoms with E-state index in [0.717, 1.165) is 4.90 Å². The van der Waals surface area contributed by atoms with Crippen molar-refractivity contribution in [2.45, 2.75) is 6.54 Å². The van der Waals surface area contributed by atoms with E-state index in [-0.39, 0.29) is 35.1 Å². The number of nitro groups is 1. The molecule has 0 bridgehead atoms. The molecule has 1 aliphatic rings. The van der Waals surface area contributed by atoms with Gasteiger partial charge in [-0.15, -0.1) is 0 Å². The minimum atomic E-state index is -0.680. The average molecular weight is 448 g/mol. The molecular weight excluding hydrogens is 434 g/mol. The summed E-state index contributed by atoms with van der Waals surface area (Å²) in [5.74, 6) is -1.03. The third-order valence-electron chi connectivity index (χ3n) is 4.02. The summed E-state index contributed by atoms with van der Waals surface area (Å²) in [5, 5.41) is 11.0. The summed E-state index contributed by atoms with van der Waals surface area (Å²) in [5.41, 5.74) is 5.51. The Labute approximate surface area is 179 Å². The summed E-state index contributed by atoms with van der Waals surface area (Å²) >= 11 is 6.69. The van der Waals surface area contributed by atoms with Gasteiger partial charge in [-0.2, -0.15) is 0 Å². The number of thioether (sulfide) groups is 1. The van der Waals surface area contributed by atoms with Crippen LogP contribution in [0.3, 0.4) is 0 Å². The molecule has 0 spiro atoms. The molecule has 0 saturated carbocycles. The van der Waals surface area contributed by atoms with Crippen LogP contribution in [0.5, 0.6) is 5.75 Å². The van der Waals surface area contributed by atoms with Gasteiger partial charge in [0.05, 0.1) is 16.4 Å². The van der Waals surface area contributed by atoms with Gasteiger partial charge in [-0.1, -0.05) is 29.8 Å². The van der Waals surface area contributed by atoms with E-state index in [1.807, 2.05) is 0 Å². The molecule has 0 radical (unpaired) electrons. The monoisotopic (exact) mass is 447 g/mol. The van der Waals surface area contributed by atoms with Gasteiger partial charge < -0.3 is 10.5 Å². The van der Waals surface area contributed by atoms with E-state index < -0.39 is 22.0 Å². The first kappa shape index (κ1) is 21.3. The fourth-order valence-electron chi connectivity index (χ4n) is 2.68. The number of nitrogens with zero attached hydrogens (tertiary/aromatic N) is 2. The number of benzene rings is 2. The van der Waals surface area contributed by atoms with E-state index in [9.17, 15) is 24.5 Å². The standard InChI is InChI=1S/C19H14ClN3O6S/c20-13-5-6-15(29-10-17(21)24)12(7-13)8-16-18(25)22(19(26)30-16)9-11-3-1-2-4-14(11)23(27)28/h1-8H,9-10H2,(H2,21,24)/b16-8-. The smallest absolute Gasteiger partial charge is 0.293 e. The number of halogens is 1. The lowest BCUT2D eigenvalue weighted by Gasteiger charge is -2.12. The zero-order valence-corrected chi connectivity index (χ0v) is 16.8. The number of amides is 3. The van der Waals surface area contributed by atoms with Gasteiger partial charge in [0.2, 0.25) is 0 Å². The molecule has 1 aliphatic heterocycles. The minimum absolute atomic E-state index is 0.0878.